The summed E-state index contributed by atoms with van der Waals surface area (Å²) in [6.45, 7) is 0.894. The number of para-hydroxylation sites is 2. The average molecular weight is 306 g/mol. The first-order valence-electron chi connectivity index (χ1n) is 6.38. The van der Waals surface area contributed by atoms with Crippen molar-refractivity contribution in [2.75, 3.05) is 24.2 Å². The Balaban J connectivity index is 1.92. The third-order valence-corrected chi connectivity index (χ3v) is 3.08. The number of carbonyl (C=O) groups is 1. The SMILES string of the molecule is NC(=O)c1cc(Cl)ccc1NCCOc1ccccc1N. The molecule has 0 spiro atoms. The van der Waals surface area contributed by atoms with Crippen LogP contribution in [0.4, 0.5) is 11.4 Å². The Hall–Kier alpha value is -2.40. The number of halogens is 1. The van der Waals surface area contributed by atoms with Gasteiger partial charge in [0.15, 0.2) is 0 Å². The molecule has 2 rings (SSSR count). The van der Waals surface area contributed by atoms with Gasteiger partial charge in [0.1, 0.15) is 12.4 Å². The van der Waals surface area contributed by atoms with Gasteiger partial charge < -0.3 is 21.5 Å². The molecule has 2 aromatic carbocycles. The first-order valence-corrected chi connectivity index (χ1v) is 6.76. The van der Waals surface area contributed by atoms with Gasteiger partial charge in [0.05, 0.1) is 11.3 Å². The molecular formula is C15H16ClN3O2. The molecule has 5 nitrogen and oxygen atoms in total. The van der Waals surface area contributed by atoms with Crippen LogP contribution >= 0.6 is 11.6 Å². The van der Waals surface area contributed by atoms with E-state index in [0.29, 0.717) is 40.9 Å². The molecule has 0 aromatic heterocycles. The fraction of sp³-hybridized carbons (Fsp3) is 0.133. The Morgan fingerprint density at radius 3 is 2.71 bits per heavy atom. The molecule has 0 heterocycles. The molecule has 110 valence electrons. The molecule has 6 heteroatoms. The van der Waals surface area contributed by atoms with Gasteiger partial charge in [0, 0.05) is 17.3 Å². The van der Waals surface area contributed by atoms with E-state index in [9.17, 15) is 4.79 Å². The molecule has 1 amide bonds. The van der Waals surface area contributed by atoms with E-state index >= 15 is 0 Å². The second-order valence-corrected chi connectivity index (χ2v) is 4.80. The lowest BCUT2D eigenvalue weighted by molar-refractivity contribution is 0.100. The minimum Gasteiger partial charge on any atom is -0.490 e. The van der Waals surface area contributed by atoms with Crippen LogP contribution < -0.4 is 21.5 Å². The monoisotopic (exact) mass is 305 g/mol. The van der Waals surface area contributed by atoms with Gasteiger partial charge in [-0.25, -0.2) is 0 Å². The van der Waals surface area contributed by atoms with Crippen molar-refractivity contribution < 1.29 is 9.53 Å². The zero-order chi connectivity index (χ0) is 15.2. The molecule has 0 aliphatic carbocycles. The zero-order valence-corrected chi connectivity index (χ0v) is 12.1. The smallest absolute Gasteiger partial charge is 0.250 e. The van der Waals surface area contributed by atoms with Crippen molar-refractivity contribution in [1.29, 1.82) is 0 Å². The molecule has 0 saturated carbocycles. The predicted molar refractivity (Wildman–Crippen MR) is 84.8 cm³/mol. The van der Waals surface area contributed by atoms with Gasteiger partial charge in [0.2, 0.25) is 0 Å². The van der Waals surface area contributed by atoms with Crippen LogP contribution in [0.5, 0.6) is 5.75 Å². The predicted octanol–water partition coefficient (Wildman–Crippen LogP) is 2.51. The highest BCUT2D eigenvalue weighted by Gasteiger charge is 2.08. The Morgan fingerprint density at radius 2 is 2.00 bits per heavy atom. The van der Waals surface area contributed by atoms with Crippen LogP contribution in [0.1, 0.15) is 10.4 Å². The number of hydrogen-bond donors (Lipinski definition) is 3. The zero-order valence-electron chi connectivity index (χ0n) is 11.3. The minimum atomic E-state index is -0.534. The van der Waals surface area contributed by atoms with Gasteiger partial charge in [-0.2, -0.15) is 0 Å². The summed E-state index contributed by atoms with van der Waals surface area (Å²) < 4.78 is 5.55. The lowest BCUT2D eigenvalue weighted by Crippen LogP contribution is -2.17. The van der Waals surface area contributed by atoms with Crippen molar-refractivity contribution in [3.63, 3.8) is 0 Å². The van der Waals surface area contributed by atoms with Crippen LogP contribution in [0.15, 0.2) is 42.5 Å². The van der Waals surface area contributed by atoms with E-state index in [-0.39, 0.29) is 0 Å². The molecular weight excluding hydrogens is 290 g/mol. The highest BCUT2D eigenvalue weighted by atomic mass is 35.5. The lowest BCUT2D eigenvalue weighted by Gasteiger charge is -2.12. The maximum absolute atomic E-state index is 11.3. The minimum absolute atomic E-state index is 0.349. The number of carbonyl (C=O) groups excluding carboxylic acids is 1. The maximum Gasteiger partial charge on any atom is 0.250 e. The standard InChI is InChI=1S/C15H16ClN3O2/c16-10-5-6-13(11(9-10)15(18)20)19-7-8-21-14-4-2-1-3-12(14)17/h1-6,9,19H,7-8,17H2,(H2,18,20). The van der Waals surface area contributed by atoms with E-state index in [1.165, 1.54) is 6.07 Å². The normalized spacial score (nSPS) is 10.1. The molecule has 0 fully saturated rings. The largest absolute Gasteiger partial charge is 0.490 e. The molecule has 0 unspecified atom stereocenters. The molecule has 0 saturated heterocycles. The summed E-state index contributed by atoms with van der Waals surface area (Å²) in [4.78, 5) is 11.3. The molecule has 5 N–H and O–H groups in total. The number of nitrogens with two attached hydrogens (primary N) is 2. The number of amides is 1. The number of nitrogens with one attached hydrogen (secondary N) is 1. The Kier molecular flexibility index (Phi) is 4.90. The fourth-order valence-corrected chi connectivity index (χ4v) is 2.01. The van der Waals surface area contributed by atoms with E-state index in [4.69, 9.17) is 27.8 Å². The van der Waals surface area contributed by atoms with Crippen molar-refractivity contribution in [3.05, 3.63) is 53.1 Å². The van der Waals surface area contributed by atoms with Gasteiger partial charge in [-0.1, -0.05) is 23.7 Å². The van der Waals surface area contributed by atoms with E-state index in [1.54, 1.807) is 24.3 Å². The van der Waals surface area contributed by atoms with Crippen molar-refractivity contribution in [2.24, 2.45) is 5.73 Å². The summed E-state index contributed by atoms with van der Waals surface area (Å²) in [5, 5.41) is 3.55. The van der Waals surface area contributed by atoms with E-state index in [1.807, 2.05) is 12.1 Å². The van der Waals surface area contributed by atoms with Gasteiger partial charge >= 0.3 is 0 Å². The van der Waals surface area contributed by atoms with E-state index < -0.39 is 5.91 Å². The van der Waals surface area contributed by atoms with Crippen molar-refractivity contribution in [2.45, 2.75) is 0 Å². The molecule has 0 aliphatic rings. The van der Waals surface area contributed by atoms with Crippen LogP contribution in [0.2, 0.25) is 5.02 Å². The van der Waals surface area contributed by atoms with Crippen LogP contribution in [0, 0.1) is 0 Å². The summed E-state index contributed by atoms with van der Waals surface area (Å²) in [5.74, 6) is 0.0961. The highest BCUT2D eigenvalue weighted by Crippen LogP contribution is 2.21. The molecule has 0 radical (unpaired) electrons. The maximum atomic E-state index is 11.3. The van der Waals surface area contributed by atoms with Gasteiger partial charge in [-0.05, 0) is 30.3 Å². The van der Waals surface area contributed by atoms with Crippen molar-refractivity contribution >= 4 is 28.9 Å². The Bertz CT molecular complexity index is 647. The second-order valence-electron chi connectivity index (χ2n) is 4.37. The lowest BCUT2D eigenvalue weighted by atomic mass is 10.1. The summed E-state index contributed by atoms with van der Waals surface area (Å²) in [7, 11) is 0. The molecule has 0 atom stereocenters. The first kappa shape index (κ1) is 15.0. The quantitative estimate of drug-likeness (QED) is 0.565. The number of ether oxygens (including phenoxy) is 1. The van der Waals surface area contributed by atoms with Gasteiger partial charge in [-0.3, -0.25) is 4.79 Å². The number of rotatable bonds is 6. The number of primary amides is 1. The second kappa shape index (κ2) is 6.85. The molecule has 21 heavy (non-hydrogen) atoms. The molecule has 2 aromatic rings. The molecule has 0 aliphatic heterocycles. The Labute approximate surface area is 127 Å². The van der Waals surface area contributed by atoms with Crippen LogP contribution in [-0.4, -0.2) is 19.1 Å². The van der Waals surface area contributed by atoms with Crippen molar-refractivity contribution in [3.8, 4) is 5.75 Å². The Morgan fingerprint density at radius 1 is 1.24 bits per heavy atom. The summed E-state index contributed by atoms with van der Waals surface area (Å²) in [6, 6.07) is 12.2. The van der Waals surface area contributed by atoms with Gasteiger partial charge in [-0.15, -0.1) is 0 Å². The third kappa shape index (κ3) is 4.03. The third-order valence-electron chi connectivity index (χ3n) is 2.84. The number of anilines is 2. The summed E-state index contributed by atoms with van der Waals surface area (Å²) >= 11 is 5.85. The fourth-order valence-electron chi connectivity index (χ4n) is 1.83. The average Bonchev–Trinajstić information content (AvgIpc) is 2.46. The number of nitrogen functional groups attached to an aromatic ring is 1. The molecule has 0 bridgehead atoms. The van der Waals surface area contributed by atoms with Gasteiger partial charge in [0.25, 0.3) is 5.91 Å². The van der Waals surface area contributed by atoms with Crippen LogP contribution in [0.3, 0.4) is 0 Å². The topological polar surface area (TPSA) is 90.4 Å². The summed E-state index contributed by atoms with van der Waals surface area (Å²) in [5.41, 5.74) is 12.6. The number of benzene rings is 2. The van der Waals surface area contributed by atoms with Crippen LogP contribution in [-0.2, 0) is 0 Å². The van der Waals surface area contributed by atoms with E-state index in [0.717, 1.165) is 0 Å². The van der Waals surface area contributed by atoms with E-state index in [2.05, 4.69) is 5.32 Å². The highest BCUT2D eigenvalue weighted by molar-refractivity contribution is 6.31. The first-order chi connectivity index (χ1) is 10.1. The van der Waals surface area contributed by atoms with Crippen LogP contribution in [0.25, 0.3) is 0 Å². The number of hydrogen-bond acceptors (Lipinski definition) is 4. The summed E-state index contributed by atoms with van der Waals surface area (Å²) in [6.07, 6.45) is 0. The van der Waals surface area contributed by atoms with Crippen molar-refractivity contribution in [1.82, 2.24) is 0 Å².